The highest BCUT2D eigenvalue weighted by Gasteiger charge is 2.34. The van der Waals surface area contributed by atoms with Crippen molar-refractivity contribution < 1.29 is 20.1 Å². The Morgan fingerprint density at radius 1 is 0.340 bits per heavy atom. The molecule has 0 aliphatic heterocycles. The van der Waals surface area contributed by atoms with Crippen LogP contribution in [0, 0.1) is 0 Å². The molecule has 0 saturated carbocycles. The van der Waals surface area contributed by atoms with Gasteiger partial charge in [0.2, 0.25) is 0 Å². The van der Waals surface area contributed by atoms with Gasteiger partial charge in [-0.2, -0.15) is 0 Å². The summed E-state index contributed by atoms with van der Waals surface area (Å²) in [7, 11) is 0. The molecule has 0 spiro atoms. The summed E-state index contributed by atoms with van der Waals surface area (Å²) < 4.78 is 0. The molecule has 0 heterocycles. The van der Waals surface area contributed by atoms with Crippen molar-refractivity contribution in [1.82, 2.24) is 0 Å². The maximum atomic E-state index is 11.8. The Balaban J connectivity index is 3.40. The molecule has 0 fully saturated rings. The summed E-state index contributed by atoms with van der Waals surface area (Å²) in [6.45, 7) is 2.63. The van der Waals surface area contributed by atoms with E-state index in [1.165, 1.54) is 225 Å². The fraction of sp³-hybridized carbons (Fsp3) is 0.978. The second-order valence-corrected chi connectivity index (χ2v) is 16.3. The summed E-state index contributed by atoms with van der Waals surface area (Å²) in [5.74, 6) is -1.02. The van der Waals surface area contributed by atoms with Crippen LogP contribution in [-0.2, 0) is 4.79 Å². The third-order valence-electron chi connectivity index (χ3n) is 11.3. The monoisotopic (exact) mass is 709 g/mol. The molecular weight excluding hydrogens is 617 g/mol. The highest BCUT2D eigenvalue weighted by Crippen LogP contribution is 2.24. The van der Waals surface area contributed by atoms with Crippen molar-refractivity contribution >= 4 is 5.97 Å². The van der Waals surface area contributed by atoms with Crippen LogP contribution >= 0.6 is 0 Å². The number of carboxylic acid groups (broad SMARTS) is 1. The molecule has 0 radical (unpaired) electrons. The van der Waals surface area contributed by atoms with Crippen LogP contribution in [0.3, 0.4) is 0 Å². The molecule has 0 aromatic carbocycles. The maximum Gasteiger partial charge on any atom is 0.335 e. The fourth-order valence-electron chi connectivity index (χ4n) is 7.72. The molecule has 1 atom stereocenters. The predicted molar refractivity (Wildman–Crippen MR) is 219 cm³/mol. The minimum Gasteiger partial charge on any atom is -0.479 e. The van der Waals surface area contributed by atoms with E-state index < -0.39 is 11.6 Å². The molecule has 0 aromatic heterocycles. The van der Waals surface area contributed by atoms with Crippen molar-refractivity contribution in [2.75, 3.05) is 6.61 Å². The van der Waals surface area contributed by atoms with E-state index >= 15 is 0 Å². The van der Waals surface area contributed by atoms with Gasteiger partial charge in [0.15, 0.2) is 5.60 Å². The molecule has 4 nitrogen and oxygen atoms in total. The lowest BCUT2D eigenvalue weighted by Gasteiger charge is -2.23. The molecule has 3 N–H and O–H groups in total. The smallest absolute Gasteiger partial charge is 0.335 e. The number of aliphatic carboxylic acids is 1. The predicted octanol–water partition coefficient (Wildman–Crippen LogP) is 15.2. The van der Waals surface area contributed by atoms with Gasteiger partial charge in [-0.25, -0.2) is 4.79 Å². The first-order valence-electron chi connectivity index (χ1n) is 23.1. The molecule has 0 aliphatic rings. The van der Waals surface area contributed by atoms with Crippen molar-refractivity contribution in [2.24, 2.45) is 0 Å². The summed E-state index contributed by atoms with van der Waals surface area (Å²) in [6, 6.07) is 0. The van der Waals surface area contributed by atoms with Crippen LogP contribution in [0.5, 0.6) is 0 Å². The Kier molecular flexibility index (Phi) is 40.6. The Morgan fingerprint density at radius 3 is 0.700 bits per heavy atom. The first-order valence-corrected chi connectivity index (χ1v) is 23.1. The third kappa shape index (κ3) is 37.2. The number of carbonyl (C=O) groups is 1. The van der Waals surface area contributed by atoms with E-state index in [-0.39, 0.29) is 0 Å². The lowest BCUT2D eigenvalue weighted by molar-refractivity contribution is -0.160. The lowest BCUT2D eigenvalue weighted by atomic mass is 9.89. The molecule has 50 heavy (non-hydrogen) atoms. The molecule has 1 unspecified atom stereocenters. The molecule has 300 valence electrons. The summed E-state index contributed by atoms with van der Waals surface area (Å²) >= 11 is 0. The van der Waals surface area contributed by atoms with E-state index in [0.717, 1.165) is 32.1 Å². The van der Waals surface area contributed by atoms with Gasteiger partial charge in [-0.3, -0.25) is 0 Å². The summed E-state index contributed by atoms with van der Waals surface area (Å²) in [5.41, 5.74) is -1.52. The summed E-state index contributed by atoms with van der Waals surface area (Å²) in [5, 5.41) is 29.3. The summed E-state index contributed by atoms with van der Waals surface area (Å²) in [4.78, 5) is 11.8. The van der Waals surface area contributed by atoms with Gasteiger partial charge in [0.05, 0.1) is 0 Å². The van der Waals surface area contributed by atoms with E-state index in [4.69, 9.17) is 5.11 Å². The van der Waals surface area contributed by atoms with Crippen LogP contribution in [0.1, 0.15) is 277 Å². The minimum absolute atomic E-state index is 0.359. The van der Waals surface area contributed by atoms with Crippen molar-refractivity contribution in [3.8, 4) is 0 Å². The quantitative estimate of drug-likeness (QED) is 0.0551. The first-order chi connectivity index (χ1) is 24.6. The Morgan fingerprint density at radius 2 is 0.520 bits per heavy atom. The molecule has 0 rings (SSSR count). The van der Waals surface area contributed by atoms with Gasteiger partial charge in [-0.15, -0.1) is 0 Å². The zero-order chi connectivity index (χ0) is 36.5. The molecule has 0 aliphatic carbocycles. The van der Waals surface area contributed by atoms with Crippen molar-refractivity contribution in [1.29, 1.82) is 0 Å². The Labute approximate surface area is 314 Å². The van der Waals surface area contributed by atoms with Crippen LogP contribution < -0.4 is 0 Å². The van der Waals surface area contributed by atoms with Crippen LogP contribution in [-0.4, -0.2) is 33.5 Å². The van der Waals surface area contributed by atoms with Crippen LogP contribution in [0.2, 0.25) is 0 Å². The Hall–Kier alpha value is -0.610. The number of unbranched alkanes of at least 4 members (excludes halogenated alkanes) is 38. The van der Waals surface area contributed by atoms with E-state index in [2.05, 4.69) is 6.92 Å². The van der Waals surface area contributed by atoms with Gasteiger partial charge in [0, 0.05) is 6.61 Å². The van der Waals surface area contributed by atoms with E-state index in [1.807, 2.05) is 0 Å². The number of hydrogen-bond donors (Lipinski definition) is 3. The number of aliphatic hydroxyl groups is 2. The summed E-state index contributed by atoms with van der Waals surface area (Å²) in [6.07, 6.45) is 53.2. The normalized spacial score (nSPS) is 12.9. The Bertz CT molecular complexity index is 652. The van der Waals surface area contributed by atoms with Crippen molar-refractivity contribution in [3.05, 3.63) is 0 Å². The third-order valence-corrected chi connectivity index (χ3v) is 11.3. The highest BCUT2D eigenvalue weighted by atomic mass is 16.4. The lowest BCUT2D eigenvalue weighted by Crippen LogP contribution is -2.38. The van der Waals surface area contributed by atoms with Gasteiger partial charge < -0.3 is 15.3 Å². The zero-order valence-electron chi connectivity index (χ0n) is 34.2. The minimum atomic E-state index is -1.52. The molecule has 0 bridgehead atoms. The van der Waals surface area contributed by atoms with Gasteiger partial charge in [0.25, 0.3) is 0 Å². The first kappa shape index (κ1) is 49.4. The standard InChI is InChI=1S/C46H92O4/c1-2-3-4-5-6-7-8-9-24-27-30-33-36-39-42-46(50,45(48)49)43-40-37-34-31-28-25-22-20-18-16-14-12-10-11-13-15-17-19-21-23-26-29-32-35-38-41-44-47/h47,50H,2-44H2,1H3,(H,48,49). The molecule has 0 aromatic rings. The van der Waals surface area contributed by atoms with E-state index in [1.54, 1.807) is 0 Å². The van der Waals surface area contributed by atoms with Crippen molar-refractivity contribution in [3.63, 3.8) is 0 Å². The highest BCUT2D eigenvalue weighted by molar-refractivity contribution is 5.76. The number of hydrogen-bond acceptors (Lipinski definition) is 3. The largest absolute Gasteiger partial charge is 0.479 e. The zero-order valence-corrected chi connectivity index (χ0v) is 34.2. The molecule has 4 heteroatoms. The van der Waals surface area contributed by atoms with Crippen LogP contribution in [0.15, 0.2) is 0 Å². The molecule has 0 saturated heterocycles. The topological polar surface area (TPSA) is 77.8 Å². The SMILES string of the molecule is CCCCCCCCCCCCCCCCC(O)(CCCCCCCCCCCCCCCCCCCCCCCCCCCCO)C(=O)O. The average molecular weight is 709 g/mol. The molecular formula is C46H92O4. The van der Waals surface area contributed by atoms with Gasteiger partial charge in [0.1, 0.15) is 0 Å². The van der Waals surface area contributed by atoms with Gasteiger partial charge in [-0.05, 0) is 32.1 Å². The van der Waals surface area contributed by atoms with Crippen LogP contribution in [0.4, 0.5) is 0 Å². The number of aliphatic hydroxyl groups excluding tert-OH is 1. The number of carboxylic acids is 1. The second-order valence-electron chi connectivity index (χ2n) is 16.3. The second kappa shape index (κ2) is 41.2. The average Bonchev–Trinajstić information content (AvgIpc) is 3.11. The van der Waals surface area contributed by atoms with Crippen LogP contribution in [0.25, 0.3) is 0 Å². The molecule has 0 amide bonds. The van der Waals surface area contributed by atoms with Gasteiger partial charge >= 0.3 is 5.97 Å². The van der Waals surface area contributed by atoms with E-state index in [0.29, 0.717) is 19.4 Å². The fourth-order valence-corrected chi connectivity index (χ4v) is 7.72. The maximum absolute atomic E-state index is 11.8. The van der Waals surface area contributed by atoms with Crippen molar-refractivity contribution in [2.45, 2.75) is 282 Å². The van der Waals surface area contributed by atoms with E-state index in [9.17, 15) is 15.0 Å². The number of rotatable bonds is 44. The van der Waals surface area contributed by atoms with Gasteiger partial charge in [-0.1, -0.05) is 244 Å².